The summed E-state index contributed by atoms with van der Waals surface area (Å²) in [5, 5.41) is 16.8. The first kappa shape index (κ1) is 25.7. The van der Waals surface area contributed by atoms with Crippen molar-refractivity contribution in [1.82, 2.24) is 15.3 Å². The van der Waals surface area contributed by atoms with Gasteiger partial charge in [-0.25, -0.2) is 9.97 Å². The minimum atomic E-state index is -0.430. The summed E-state index contributed by atoms with van der Waals surface area (Å²) < 4.78 is 0. The monoisotopic (exact) mass is 509 g/mol. The number of anilines is 2. The van der Waals surface area contributed by atoms with Crippen molar-refractivity contribution < 1.29 is 4.79 Å². The predicted octanol–water partition coefficient (Wildman–Crippen LogP) is 4.49. The van der Waals surface area contributed by atoms with Crippen molar-refractivity contribution in [2.24, 2.45) is 5.73 Å². The van der Waals surface area contributed by atoms with E-state index in [9.17, 15) is 4.79 Å². The van der Waals surface area contributed by atoms with E-state index in [1.807, 2.05) is 48.7 Å². The molecule has 1 aliphatic carbocycles. The lowest BCUT2D eigenvalue weighted by atomic mass is 9.84. The number of pyridine rings is 2. The minimum Gasteiger partial charge on any atom is -0.366 e. The number of primary amides is 1. The van der Waals surface area contributed by atoms with E-state index in [0.717, 1.165) is 61.5 Å². The molecule has 2 aromatic heterocycles. The fourth-order valence-electron chi connectivity index (χ4n) is 5.85. The minimum absolute atomic E-state index is 0.0414. The molecule has 3 atom stereocenters. The van der Waals surface area contributed by atoms with E-state index in [2.05, 4.69) is 38.5 Å². The van der Waals surface area contributed by atoms with E-state index in [4.69, 9.17) is 11.0 Å². The lowest BCUT2D eigenvalue weighted by Crippen LogP contribution is -2.61. The number of carbonyl (C=O) groups excluding carboxylic acids is 1. The first-order chi connectivity index (χ1) is 18.4. The Bertz CT molecular complexity index is 1320. The summed E-state index contributed by atoms with van der Waals surface area (Å²) in [6, 6.07) is 17.9. The van der Waals surface area contributed by atoms with Crippen LogP contribution in [0, 0.1) is 11.3 Å². The van der Waals surface area contributed by atoms with Gasteiger partial charge in [-0.1, -0.05) is 25.0 Å². The van der Waals surface area contributed by atoms with Crippen LogP contribution >= 0.6 is 0 Å². The van der Waals surface area contributed by atoms with E-state index in [1.54, 1.807) is 12.3 Å². The molecule has 3 aromatic rings. The lowest BCUT2D eigenvalue weighted by molar-refractivity contribution is 0.100. The van der Waals surface area contributed by atoms with Gasteiger partial charge >= 0.3 is 0 Å². The van der Waals surface area contributed by atoms with Crippen LogP contribution in [0.2, 0.25) is 0 Å². The number of benzene rings is 1. The van der Waals surface area contributed by atoms with Crippen LogP contribution in [0.5, 0.6) is 0 Å². The van der Waals surface area contributed by atoms with Crippen LogP contribution in [0.1, 0.15) is 61.4 Å². The van der Waals surface area contributed by atoms with Gasteiger partial charge in [-0.05, 0) is 80.1 Å². The number of nitrogens with one attached hydrogen (secondary N) is 2. The molecule has 0 unspecified atom stereocenters. The summed E-state index contributed by atoms with van der Waals surface area (Å²) in [6.07, 6.45) is 10.2. The number of aromatic nitrogens is 2. The molecule has 1 amide bonds. The Labute approximate surface area is 224 Å². The van der Waals surface area contributed by atoms with Gasteiger partial charge in [0.2, 0.25) is 5.91 Å². The van der Waals surface area contributed by atoms with E-state index < -0.39 is 5.91 Å². The number of rotatable bonds is 7. The van der Waals surface area contributed by atoms with Gasteiger partial charge < -0.3 is 21.3 Å². The molecule has 4 N–H and O–H groups in total. The second-order valence-electron chi connectivity index (χ2n) is 10.8. The highest BCUT2D eigenvalue weighted by atomic mass is 16.1. The predicted molar refractivity (Wildman–Crippen MR) is 150 cm³/mol. The van der Waals surface area contributed by atoms with Crippen molar-refractivity contribution in [1.29, 1.82) is 5.26 Å². The molecule has 8 nitrogen and oxygen atoms in total. The van der Waals surface area contributed by atoms with E-state index >= 15 is 0 Å². The Morgan fingerprint density at radius 2 is 1.89 bits per heavy atom. The van der Waals surface area contributed by atoms with Gasteiger partial charge in [-0.2, -0.15) is 5.26 Å². The molecule has 38 heavy (non-hydrogen) atoms. The highest BCUT2D eigenvalue weighted by Gasteiger charge is 2.36. The zero-order chi connectivity index (χ0) is 26.5. The summed E-state index contributed by atoms with van der Waals surface area (Å²) in [5.41, 5.74) is 8.46. The molecule has 2 fully saturated rings. The number of piperidine rings is 1. The van der Waals surface area contributed by atoms with Crippen LogP contribution in [-0.2, 0) is 0 Å². The van der Waals surface area contributed by atoms with Crippen LogP contribution in [0.15, 0.2) is 60.9 Å². The van der Waals surface area contributed by atoms with Crippen molar-refractivity contribution >= 4 is 17.5 Å². The second-order valence-corrected chi connectivity index (χ2v) is 10.8. The van der Waals surface area contributed by atoms with Crippen LogP contribution in [0.25, 0.3) is 11.1 Å². The van der Waals surface area contributed by atoms with Crippen molar-refractivity contribution in [3.63, 3.8) is 0 Å². The molecule has 3 heterocycles. The van der Waals surface area contributed by atoms with Crippen LogP contribution in [0.4, 0.5) is 11.6 Å². The molecule has 1 saturated heterocycles. The number of nitriles is 1. The molecule has 0 spiro atoms. The van der Waals surface area contributed by atoms with Gasteiger partial charge in [0, 0.05) is 48.7 Å². The van der Waals surface area contributed by atoms with Crippen LogP contribution < -0.4 is 21.3 Å². The highest BCUT2D eigenvalue weighted by molar-refractivity contribution is 5.94. The number of hydrogen-bond donors (Lipinski definition) is 3. The van der Waals surface area contributed by atoms with Gasteiger partial charge in [-0.15, -0.1) is 0 Å². The van der Waals surface area contributed by atoms with Crippen molar-refractivity contribution in [2.75, 3.05) is 23.3 Å². The largest absolute Gasteiger partial charge is 0.366 e. The standard InChI is InChI=1S/C30H35N7O/c1-30(13-5-15-37(20-30)28-11-10-21(18-31)19-34-28)36-26-9-3-2-8-25(26)35-27-17-23(12-14-33-27)22-6-4-7-24(16-22)29(32)38/h4,6-7,10-12,14,16-17,19,25-26,36H,2-3,5,8-9,13,15,20H2,1H3,(H2,32,38)(H,33,35)/t25-,26-,30+/m1/s1. The van der Waals surface area contributed by atoms with Gasteiger partial charge in [0.15, 0.2) is 0 Å². The maximum atomic E-state index is 11.6. The quantitative estimate of drug-likeness (QED) is 0.429. The van der Waals surface area contributed by atoms with Gasteiger partial charge in [0.1, 0.15) is 17.7 Å². The Hall–Kier alpha value is -3.96. The number of nitrogens with zero attached hydrogens (tertiary/aromatic N) is 4. The third kappa shape index (κ3) is 5.95. The lowest BCUT2D eigenvalue weighted by Gasteiger charge is -2.46. The molecule has 5 rings (SSSR count). The van der Waals surface area contributed by atoms with Gasteiger partial charge in [0.05, 0.1) is 5.56 Å². The molecule has 1 saturated carbocycles. The maximum absolute atomic E-state index is 11.6. The normalized spacial score (nSPS) is 23.4. The fraction of sp³-hybridized carbons (Fsp3) is 0.400. The number of carbonyl (C=O) groups is 1. The molecule has 8 heteroatoms. The third-order valence-electron chi connectivity index (χ3n) is 7.77. The average Bonchev–Trinajstić information content (AvgIpc) is 2.94. The van der Waals surface area contributed by atoms with E-state index in [-0.39, 0.29) is 11.6 Å². The van der Waals surface area contributed by atoms with E-state index in [1.165, 1.54) is 12.8 Å². The number of hydrogen-bond acceptors (Lipinski definition) is 7. The Morgan fingerprint density at radius 3 is 2.66 bits per heavy atom. The van der Waals surface area contributed by atoms with Crippen molar-refractivity contribution in [3.8, 4) is 17.2 Å². The zero-order valence-corrected chi connectivity index (χ0v) is 21.9. The van der Waals surface area contributed by atoms with E-state index in [0.29, 0.717) is 17.2 Å². The average molecular weight is 510 g/mol. The topological polar surface area (TPSA) is 120 Å². The first-order valence-electron chi connectivity index (χ1n) is 13.4. The summed E-state index contributed by atoms with van der Waals surface area (Å²) in [5.74, 6) is 1.33. The van der Waals surface area contributed by atoms with Crippen LogP contribution in [-0.4, -0.2) is 46.6 Å². The molecular weight excluding hydrogens is 474 g/mol. The number of nitrogens with two attached hydrogens (primary N) is 1. The molecule has 2 aliphatic rings. The number of amides is 1. The first-order valence-corrected chi connectivity index (χ1v) is 13.4. The summed E-state index contributed by atoms with van der Waals surface area (Å²) in [6.45, 7) is 4.16. The summed E-state index contributed by atoms with van der Waals surface area (Å²) in [4.78, 5) is 23.1. The fourth-order valence-corrected chi connectivity index (χ4v) is 5.85. The van der Waals surface area contributed by atoms with Crippen LogP contribution in [0.3, 0.4) is 0 Å². The molecule has 196 valence electrons. The SMILES string of the molecule is C[C@]1(N[C@@H]2CCCC[C@H]2Nc2cc(-c3cccc(C(N)=O)c3)ccn2)CCCN(c2ccc(C#N)cn2)C1. The molecule has 0 radical (unpaired) electrons. The molecule has 1 aromatic carbocycles. The summed E-state index contributed by atoms with van der Waals surface area (Å²) >= 11 is 0. The highest BCUT2D eigenvalue weighted by Crippen LogP contribution is 2.30. The smallest absolute Gasteiger partial charge is 0.248 e. The maximum Gasteiger partial charge on any atom is 0.248 e. The zero-order valence-electron chi connectivity index (χ0n) is 21.9. The van der Waals surface area contributed by atoms with Gasteiger partial charge in [-0.3, -0.25) is 4.79 Å². The Kier molecular flexibility index (Phi) is 7.57. The Morgan fingerprint density at radius 1 is 1.08 bits per heavy atom. The summed E-state index contributed by atoms with van der Waals surface area (Å²) in [7, 11) is 0. The van der Waals surface area contributed by atoms with Gasteiger partial charge in [0.25, 0.3) is 0 Å². The molecule has 1 aliphatic heterocycles. The Balaban J connectivity index is 1.28. The molecular formula is C30H35N7O. The van der Waals surface area contributed by atoms with Crippen molar-refractivity contribution in [3.05, 3.63) is 72.1 Å². The third-order valence-corrected chi connectivity index (χ3v) is 7.77. The molecule has 0 bridgehead atoms. The second kappa shape index (κ2) is 11.2. The van der Waals surface area contributed by atoms with Crippen molar-refractivity contribution in [2.45, 2.75) is 63.1 Å².